The number of thioether (sulfide) groups is 1. The molecule has 2 heterocycles. The molecule has 1 N–H and O–H groups in total. The average Bonchev–Trinajstić information content (AvgIpc) is 2.98. The Bertz CT molecular complexity index is 1420. The molecular weight excluding hydrogens is 527 g/mol. The maximum absolute atomic E-state index is 14.1. The Labute approximate surface area is 238 Å². The molecule has 0 bridgehead atoms. The molecule has 1 saturated heterocycles. The molecule has 2 amide bonds. The summed E-state index contributed by atoms with van der Waals surface area (Å²) < 4.78 is 19.5. The third kappa shape index (κ3) is 6.16. The van der Waals surface area contributed by atoms with Gasteiger partial charge in [-0.3, -0.25) is 14.5 Å². The Morgan fingerprint density at radius 3 is 2.55 bits per heavy atom. The summed E-state index contributed by atoms with van der Waals surface area (Å²) in [6.45, 7) is 4.70. The highest BCUT2D eigenvalue weighted by Crippen LogP contribution is 2.42. The second-order valence-corrected chi connectivity index (χ2v) is 10.9. The number of methoxy groups -OCH3 is 1. The van der Waals surface area contributed by atoms with Gasteiger partial charge < -0.3 is 19.9 Å². The first-order valence-electron chi connectivity index (χ1n) is 13.4. The molecule has 9 heteroatoms. The first-order valence-corrected chi connectivity index (χ1v) is 14.2. The van der Waals surface area contributed by atoms with Crippen molar-refractivity contribution in [2.24, 2.45) is 0 Å². The van der Waals surface area contributed by atoms with E-state index in [1.165, 1.54) is 17.8 Å². The Morgan fingerprint density at radius 1 is 1.02 bits per heavy atom. The number of piperazine rings is 1. The standard InChI is InChI=1S/C31H33FN4O3S/c1-34-26-20-23(12-13-28(26)40-29(31(34)38)21-22-8-3-6-11-27(22)39-2)30(37)33-14-7-15-35-16-18-36(19-17-35)25-10-5-4-9-24(25)32/h3-6,8-13,20-21H,7,14-19H2,1-2H3,(H,33,37). The van der Waals surface area contributed by atoms with Gasteiger partial charge in [0.15, 0.2) is 0 Å². The van der Waals surface area contributed by atoms with E-state index in [1.807, 2.05) is 48.5 Å². The second kappa shape index (κ2) is 12.6. The van der Waals surface area contributed by atoms with Crippen LogP contribution in [0.2, 0.25) is 0 Å². The Kier molecular flexibility index (Phi) is 8.72. The smallest absolute Gasteiger partial charge is 0.264 e. The van der Waals surface area contributed by atoms with Crippen molar-refractivity contribution in [3.8, 4) is 5.75 Å². The van der Waals surface area contributed by atoms with E-state index in [-0.39, 0.29) is 17.6 Å². The highest BCUT2D eigenvalue weighted by molar-refractivity contribution is 8.04. The van der Waals surface area contributed by atoms with Crippen molar-refractivity contribution in [2.45, 2.75) is 11.3 Å². The molecule has 0 atom stereocenters. The minimum Gasteiger partial charge on any atom is -0.496 e. The van der Waals surface area contributed by atoms with Gasteiger partial charge in [0.2, 0.25) is 0 Å². The van der Waals surface area contributed by atoms with Crippen molar-refractivity contribution in [1.29, 1.82) is 0 Å². The second-order valence-electron chi connectivity index (χ2n) is 9.79. The highest BCUT2D eigenvalue weighted by atomic mass is 32.2. The fraction of sp³-hybridized carbons (Fsp3) is 0.290. The van der Waals surface area contributed by atoms with Crippen LogP contribution < -0.4 is 19.9 Å². The number of nitrogens with one attached hydrogen (secondary N) is 1. The fourth-order valence-electron chi connectivity index (χ4n) is 4.99. The molecule has 0 radical (unpaired) electrons. The summed E-state index contributed by atoms with van der Waals surface area (Å²) in [6, 6.07) is 19.9. The monoisotopic (exact) mass is 560 g/mol. The highest BCUT2D eigenvalue weighted by Gasteiger charge is 2.28. The zero-order valence-corrected chi connectivity index (χ0v) is 23.5. The number of halogens is 1. The van der Waals surface area contributed by atoms with Gasteiger partial charge in [-0.2, -0.15) is 0 Å². The number of hydrogen-bond acceptors (Lipinski definition) is 6. The Morgan fingerprint density at radius 2 is 1.77 bits per heavy atom. The maximum Gasteiger partial charge on any atom is 0.264 e. The van der Waals surface area contributed by atoms with Crippen LogP contribution in [0, 0.1) is 5.82 Å². The van der Waals surface area contributed by atoms with Crippen molar-refractivity contribution in [2.75, 3.05) is 63.2 Å². The summed E-state index contributed by atoms with van der Waals surface area (Å²) in [4.78, 5) is 33.5. The number of likely N-dealkylation sites (N-methyl/N-ethyl adjacent to an activating group) is 1. The number of anilines is 2. The summed E-state index contributed by atoms with van der Waals surface area (Å²) >= 11 is 1.39. The minimum atomic E-state index is -0.181. The van der Waals surface area contributed by atoms with Crippen molar-refractivity contribution < 1.29 is 18.7 Å². The lowest BCUT2D eigenvalue weighted by Gasteiger charge is -2.36. The van der Waals surface area contributed by atoms with Crippen LogP contribution in [-0.2, 0) is 4.79 Å². The molecule has 7 nitrogen and oxygen atoms in total. The van der Waals surface area contributed by atoms with Gasteiger partial charge in [0.05, 0.1) is 23.4 Å². The summed E-state index contributed by atoms with van der Waals surface area (Å²) in [7, 11) is 3.34. The van der Waals surface area contributed by atoms with Gasteiger partial charge >= 0.3 is 0 Å². The number of para-hydroxylation sites is 2. The lowest BCUT2D eigenvalue weighted by Crippen LogP contribution is -2.47. The van der Waals surface area contributed by atoms with Crippen molar-refractivity contribution in [3.63, 3.8) is 0 Å². The van der Waals surface area contributed by atoms with Crippen LogP contribution in [0.4, 0.5) is 15.8 Å². The van der Waals surface area contributed by atoms with E-state index in [9.17, 15) is 14.0 Å². The van der Waals surface area contributed by atoms with E-state index in [2.05, 4.69) is 15.1 Å². The number of fused-ring (bicyclic) bond motifs is 1. The molecule has 3 aromatic rings. The van der Waals surface area contributed by atoms with E-state index in [1.54, 1.807) is 37.3 Å². The van der Waals surface area contributed by atoms with Crippen LogP contribution in [0.5, 0.6) is 5.75 Å². The molecule has 5 rings (SSSR count). The van der Waals surface area contributed by atoms with Gasteiger partial charge in [0.25, 0.3) is 11.8 Å². The van der Waals surface area contributed by atoms with E-state index >= 15 is 0 Å². The fourth-order valence-corrected chi connectivity index (χ4v) is 6.07. The van der Waals surface area contributed by atoms with Crippen LogP contribution in [0.1, 0.15) is 22.3 Å². The Hall–Kier alpha value is -3.82. The quantitative estimate of drug-likeness (QED) is 0.313. The molecule has 208 valence electrons. The van der Waals surface area contributed by atoms with Crippen LogP contribution in [0.3, 0.4) is 0 Å². The predicted molar refractivity (Wildman–Crippen MR) is 159 cm³/mol. The van der Waals surface area contributed by atoms with Crippen molar-refractivity contribution in [3.05, 3.63) is 88.6 Å². The van der Waals surface area contributed by atoms with Gasteiger partial charge in [-0.1, -0.05) is 42.1 Å². The maximum atomic E-state index is 14.1. The number of amides is 2. The lowest BCUT2D eigenvalue weighted by molar-refractivity contribution is -0.114. The van der Waals surface area contributed by atoms with Crippen LogP contribution >= 0.6 is 11.8 Å². The third-order valence-corrected chi connectivity index (χ3v) is 8.32. The SMILES string of the molecule is COc1ccccc1C=C1Sc2ccc(C(=O)NCCCN3CCN(c4ccccc4F)CC3)cc2N(C)C1=O. The van der Waals surface area contributed by atoms with Crippen LogP contribution in [-0.4, -0.2) is 70.1 Å². The van der Waals surface area contributed by atoms with E-state index in [0.29, 0.717) is 34.1 Å². The number of carbonyl (C=O) groups excluding carboxylic acids is 2. The molecule has 0 saturated carbocycles. The zero-order chi connectivity index (χ0) is 28.1. The van der Waals surface area contributed by atoms with Gasteiger partial charge in [-0.05, 0) is 55.4 Å². The van der Waals surface area contributed by atoms with Gasteiger partial charge in [-0.15, -0.1) is 0 Å². The number of ether oxygens (including phenoxy) is 1. The first-order chi connectivity index (χ1) is 19.4. The zero-order valence-electron chi connectivity index (χ0n) is 22.7. The van der Waals surface area contributed by atoms with Crippen LogP contribution in [0.15, 0.2) is 76.5 Å². The van der Waals surface area contributed by atoms with E-state index in [4.69, 9.17) is 4.74 Å². The Balaban J connectivity index is 1.13. The first kappa shape index (κ1) is 27.7. The minimum absolute atomic E-state index is 0.129. The predicted octanol–water partition coefficient (Wildman–Crippen LogP) is 4.89. The molecule has 1 fully saturated rings. The average molecular weight is 561 g/mol. The largest absolute Gasteiger partial charge is 0.496 e. The number of rotatable bonds is 8. The van der Waals surface area contributed by atoms with Gasteiger partial charge in [0.1, 0.15) is 11.6 Å². The lowest BCUT2D eigenvalue weighted by atomic mass is 10.1. The number of benzene rings is 3. The molecule has 0 aliphatic carbocycles. The van der Waals surface area contributed by atoms with E-state index in [0.717, 1.165) is 49.6 Å². The molecule has 2 aliphatic rings. The van der Waals surface area contributed by atoms with E-state index < -0.39 is 0 Å². The van der Waals surface area contributed by atoms with Crippen molar-refractivity contribution in [1.82, 2.24) is 10.2 Å². The summed E-state index contributed by atoms with van der Waals surface area (Å²) in [5, 5.41) is 3.01. The number of carbonyl (C=O) groups is 2. The molecule has 2 aliphatic heterocycles. The molecule has 0 spiro atoms. The summed E-state index contributed by atoms with van der Waals surface area (Å²) in [6.07, 6.45) is 2.66. The summed E-state index contributed by atoms with van der Waals surface area (Å²) in [5.41, 5.74) is 2.73. The molecule has 40 heavy (non-hydrogen) atoms. The third-order valence-electron chi connectivity index (χ3n) is 7.25. The molecule has 0 aromatic heterocycles. The number of hydrogen-bond donors (Lipinski definition) is 1. The van der Waals surface area contributed by atoms with Crippen molar-refractivity contribution >= 4 is 41.0 Å². The molecule has 0 unspecified atom stereocenters. The van der Waals surface area contributed by atoms with Crippen LogP contribution in [0.25, 0.3) is 6.08 Å². The summed E-state index contributed by atoms with van der Waals surface area (Å²) in [5.74, 6) is 0.234. The topological polar surface area (TPSA) is 65.1 Å². The normalized spacial score (nSPS) is 16.7. The van der Waals surface area contributed by atoms with Gasteiger partial charge in [0, 0.05) is 55.8 Å². The molecule has 3 aromatic carbocycles. The number of nitrogens with zero attached hydrogens (tertiary/aromatic N) is 3. The molecular formula is C31H33FN4O3S. The van der Waals surface area contributed by atoms with Gasteiger partial charge in [-0.25, -0.2) is 4.39 Å².